The van der Waals surface area contributed by atoms with Crippen LogP contribution < -0.4 is 52.9 Å². The van der Waals surface area contributed by atoms with Gasteiger partial charge in [-0.1, -0.05) is 13.0 Å². The highest BCUT2D eigenvalue weighted by molar-refractivity contribution is 5.72. The number of likely N-dealkylation sites (tertiary alicyclic amines) is 1. The van der Waals surface area contributed by atoms with Crippen molar-refractivity contribution in [3.05, 3.63) is 251 Å². The Morgan fingerprint density at radius 3 is 1.26 bits per heavy atom. The van der Waals surface area contributed by atoms with E-state index in [-0.39, 0.29) is 22.2 Å². The molecule has 16 aromatic heterocycles. The van der Waals surface area contributed by atoms with Gasteiger partial charge in [0.15, 0.2) is 0 Å². The van der Waals surface area contributed by atoms with Crippen LogP contribution in [-0.2, 0) is 0 Å². The minimum atomic E-state index is -0.113. The summed E-state index contributed by atoms with van der Waals surface area (Å²) in [6.07, 6.45) is 27.9. The molecule has 3 N–H and O–H groups in total. The minimum absolute atomic E-state index is 0.0538. The normalized spacial score (nSPS) is 17.4. The number of nitrogens with one attached hydrogen (secondary N) is 3. The van der Waals surface area contributed by atoms with E-state index in [1.165, 1.54) is 55.3 Å². The number of rotatable bonds is 12. The number of nitrogens with zero attached hydrogens (tertiary/aromatic N) is 22. The van der Waals surface area contributed by atoms with Gasteiger partial charge >= 0.3 is 0 Å². The quantitative estimate of drug-likeness (QED) is 0.102. The minimum Gasteiger partial charge on any atom is -0.368 e. The van der Waals surface area contributed by atoms with E-state index in [2.05, 4.69) is 116 Å². The fraction of sp³-hybridized carbons (Fsp3) is 0.376. The van der Waals surface area contributed by atoms with E-state index >= 15 is 0 Å². The second-order valence-electron chi connectivity index (χ2n) is 34.2. The van der Waals surface area contributed by atoms with Gasteiger partial charge in [-0.15, -0.1) is 0 Å². The number of hydrogen-bond donors (Lipinski definition) is 3. The van der Waals surface area contributed by atoms with Crippen molar-refractivity contribution < 1.29 is 0 Å². The van der Waals surface area contributed by atoms with Gasteiger partial charge in [-0.05, 0) is 228 Å². The zero-order valence-corrected chi connectivity index (χ0v) is 70.9. The van der Waals surface area contributed by atoms with Gasteiger partial charge in [-0.25, -0.2) is 38.9 Å². The van der Waals surface area contributed by atoms with E-state index in [4.69, 9.17) is 29.9 Å². The van der Waals surface area contributed by atoms with Gasteiger partial charge < -0.3 is 44.4 Å². The van der Waals surface area contributed by atoms with Gasteiger partial charge in [-0.2, -0.15) is 10.2 Å². The van der Waals surface area contributed by atoms with Crippen LogP contribution in [-0.4, -0.2) is 188 Å². The van der Waals surface area contributed by atoms with Crippen LogP contribution >= 0.6 is 0 Å². The van der Waals surface area contributed by atoms with Crippen molar-refractivity contribution in [2.45, 2.75) is 144 Å². The Morgan fingerprint density at radius 1 is 0.377 bits per heavy atom. The maximum Gasteiger partial charge on any atom is 0.258 e. The van der Waals surface area contributed by atoms with Crippen molar-refractivity contribution in [3.63, 3.8) is 0 Å². The van der Waals surface area contributed by atoms with E-state index in [1.807, 2.05) is 151 Å². The third-order valence-corrected chi connectivity index (χ3v) is 24.5. The van der Waals surface area contributed by atoms with E-state index < -0.39 is 0 Å². The van der Waals surface area contributed by atoms with E-state index in [0.717, 1.165) is 182 Å². The number of pyridine rings is 6. The van der Waals surface area contributed by atoms with Crippen LogP contribution in [0.25, 0.3) is 90.2 Å². The molecule has 20 heterocycles. The number of anilines is 3. The number of piperidine rings is 1. The van der Waals surface area contributed by atoms with E-state index in [0.29, 0.717) is 86.6 Å². The number of aryl methyl sites for hydroxylation is 7. The standard InChI is InChI=1S/C25H30N6O.C24H26N6O.C23H24N6O.C21H23N7O/c1-5-8-29-9-6-19(7-10-29)20-11-16(2)25-27-21(13-24(32)30(25)15-20)22-12-23-18(4)26-17(3)14-31(23)28-22;1-15-11-28(8-7-25-15)19-5-6-22-27-21(10-23(31)30(22)14-19)18-9-20(17-3-4-17)24-26-16(2)12-29(24)13-18;1-15-12-28-13-17(10-19(16-2-3-16)23(28)25-15)20-11-22(30)29-14-18(4-5-21(29)26-20)27-8-6-24-7-9-27;1-13-10-26(7-6-22-13)16-4-5-20-24-17(9-21(29)27(20)12-16)18-8-19-15(3)23-14(2)11-28(19)25-18/h11-15,19H,5-10H2,1-4H3;5-6,9-10,12-15,17,25H,3-4,7-8,11H2,1-2H3;4-5,10-14,16,24H,2-3,6-9H2,1H3;4-5,8-9,11-13,22H,6-7,10H2,1-3H3/t;15-;;13-/m.1.1/s1. The van der Waals surface area contributed by atoms with Crippen molar-refractivity contribution in [3.8, 4) is 45.3 Å². The van der Waals surface area contributed by atoms with Crippen LogP contribution in [0.3, 0.4) is 0 Å². The number of aromatic nitrogens is 18. The first kappa shape index (κ1) is 79.1. The summed E-state index contributed by atoms with van der Waals surface area (Å²) >= 11 is 0. The molecule has 0 bridgehead atoms. The van der Waals surface area contributed by atoms with Crippen LogP contribution in [0.5, 0.6) is 0 Å². The molecule has 2 saturated carbocycles. The summed E-state index contributed by atoms with van der Waals surface area (Å²) in [5.41, 5.74) is 25.7. The molecular formula is C93H103N25O4. The van der Waals surface area contributed by atoms with Gasteiger partial charge in [0, 0.05) is 162 Å². The first-order chi connectivity index (χ1) is 59.1. The Balaban J connectivity index is 0.000000107. The second-order valence-corrected chi connectivity index (χ2v) is 34.2. The fourth-order valence-corrected chi connectivity index (χ4v) is 18.1. The highest BCUT2D eigenvalue weighted by Gasteiger charge is 2.31. The average Bonchev–Trinajstić information content (AvgIpc) is 1.55. The molecular weight excluding hydrogens is 1530 g/mol. The monoisotopic (exact) mass is 1630 g/mol. The molecule has 16 aromatic rings. The van der Waals surface area contributed by atoms with Crippen LogP contribution in [0.15, 0.2) is 172 Å². The first-order valence-corrected chi connectivity index (χ1v) is 43.1. The zero-order chi connectivity index (χ0) is 83.9. The van der Waals surface area contributed by atoms with Crippen LogP contribution in [0.4, 0.5) is 17.1 Å². The molecule has 0 unspecified atom stereocenters. The molecule has 0 spiro atoms. The highest BCUT2D eigenvalue weighted by Crippen LogP contribution is 2.45. The maximum absolute atomic E-state index is 13.1. The van der Waals surface area contributed by atoms with Crippen LogP contribution in [0, 0.1) is 48.5 Å². The summed E-state index contributed by atoms with van der Waals surface area (Å²) in [5.74, 6) is 1.63. The summed E-state index contributed by atoms with van der Waals surface area (Å²) in [7, 11) is 0. The third-order valence-electron chi connectivity index (χ3n) is 24.5. The number of fused-ring (bicyclic) bond motifs is 8. The van der Waals surface area contributed by atoms with Crippen molar-refractivity contribution in [2.75, 3.05) is 99.8 Å². The summed E-state index contributed by atoms with van der Waals surface area (Å²) in [6, 6.07) is 29.7. The number of piperazine rings is 3. The van der Waals surface area contributed by atoms with Crippen molar-refractivity contribution in [2.24, 2.45) is 0 Å². The molecule has 624 valence electrons. The highest BCUT2D eigenvalue weighted by atomic mass is 16.1. The number of hydrogen-bond acceptors (Lipinski definition) is 21. The molecule has 4 saturated heterocycles. The molecule has 0 amide bonds. The second kappa shape index (κ2) is 32.7. The molecule has 29 heteroatoms. The van der Waals surface area contributed by atoms with Gasteiger partial charge in [0.2, 0.25) is 0 Å². The largest absolute Gasteiger partial charge is 0.368 e. The van der Waals surface area contributed by atoms with Gasteiger partial charge in [-0.3, -0.25) is 46.7 Å². The third kappa shape index (κ3) is 16.2. The molecule has 2 atom stereocenters. The Bertz CT molecular complexity index is 7010. The van der Waals surface area contributed by atoms with E-state index in [1.54, 1.807) is 46.4 Å². The molecule has 2 aliphatic carbocycles. The maximum atomic E-state index is 13.1. The predicted molar refractivity (Wildman–Crippen MR) is 478 cm³/mol. The Kier molecular flexibility index (Phi) is 21.2. The lowest BCUT2D eigenvalue weighted by Gasteiger charge is -2.33. The zero-order valence-electron chi connectivity index (χ0n) is 70.9. The van der Waals surface area contributed by atoms with Crippen molar-refractivity contribution in [1.82, 2.24) is 106 Å². The SMILES string of the molecule is CCCN1CCC(c2cc(C)c3nc(-c4cc5c(C)nc(C)cn5n4)cc(=O)n3c2)CC1.Cc1cn2cc(-c3cc(=O)n4cc(N5CCNCC5)ccc4n3)cc(C3CC3)c2n1.Cc1cn2cc(-c3cc(=O)n4cc(N5CCN[C@H](C)C5)ccc4n3)cc(C3CC3)c2n1.Cc1cn2nc(-c3cc(=O)n4cc(N5CCN[C@H](C)C5)ccc4n3)cc2c(C)n1. The summed E-state index contributed by atoms with van der Waals surface area (Å²) in [4.78, 5) is 99.0. The molecule has 0 radical (unpaired) electrons. The molecule has 22 rings (SSSR count). The van der Waals surface area contributed by atoms with E-state index in [9.17, 15) is 19.2 Å². The predicted octanol–water partition coefficient (Wildman–Crippen LogP) is 11.3. The van der Waals surface area contributed by atoms with Crippen molar-refractivity contribution >= 4 is 62.0 Å². The lowest BCUT2D eigenvalue weighted by molar-refractivity contribution is 0.212. The molecule has 0 aromatic carbocycles. The van der Waals surface area contributed by atoms with Gasteiger partial charge in [0.05, 0.1) is 97.4 Å². The lowest BCUT2D eigenvalue weighted by Crippen LogP contribution is -2.49. The fourth-order valence-electron chi connectivity index (χ4n) is 18.1. The topological polar surface area (TPSA) is 282 Å². The molecule has 29 nitrogen and oxygen atoms in total. The Labute approximate surface area is 704 Å². The smallest absolute Gasteiger partial charge is 0.258 e. The lowest BCUT2D eigenvalue weighted by atomic mass is 9.89. The first-order valence-electron chi connectivity index (χ1n) is 43.1. The Hall–Kier alpha value is -12.7. The molecule has 6 fully saturated rings. The van der Waals surface area contributed by atoms with Gasteiger partial charge in [0.1, 0.15) is 45.3 Å². The van der Waals surface area contributed by atoms with Crippen molar-refractivity contribution in [1.29, 1.82) is 0 Å². The molecule has 122 heavy (non-hydrogen) atoms. The van der Waals surface area contributed by atoms with Crippen LogP contribution in [0.1, 0.15) is 140 Å². The summed E-state index contributed by atoms with van der Waals surface area (Å²) in [6.45, 7) is 33.3. The number of imidazole rings is 2. The van der Waals surface area contributed by atoms with Crippen LogP contribution in [0.2, 0.25) is 0 Å². The molecule has 6 aliphatic rings. The average molecular weight is 1640 g/mol. The van der Waals surface area contributed by atoms with Gasteiger partial charge in [0.25, 0.3) is 22.2 Å². The molecule has 4 aliphatic heterocycles. The Morgan fingerprint density at radius 2 is 0.803 bits per heavy atom. The summed E-state index contributed by atoms with van der Waals surface area (Å²) < 4.78 is 14.4. The summed E-state index contributed by atoms with van der Waals surface area (Å²) in [5, 5.41) is 19.5.